The van der Waals surface area contributed by atoms with E-state index in [0.717, 1.165) is 0 Å². The first kappa shape index (κ1) is 36.1. The van der Waals surface area contributed by atoms with Crippen molar-refractivity contribution in [3.8, 4) is 0 Å². The summed E-state index contributed by atoms with van der Waals surface area (Å²) in [6.07, 6.45) is 0. The van der Waals surface area contributed by atoms with E-state index in [9.17, 15) is 0 Å². The summed E-state index contributed by atoms with van der Waals surface area (Å²) in [6.45, 7) is 0. The van der Waals surface area contributed by atoms with Gasteiger partial charge in [-0.1, -0.05) is 0 Å². The van der Waals surface area contributed by atoms with Crippen molar-refractivity contribution >= 4 is 0 Å². The Hall–Kier alpha value is 3.00. The van der Waals surface area contributed by atoms with Crippen LogP contribution in [0.1, 0.15) is 0 Å². The zero-order valence-corrected chi connectivity index (χ0v) is 14.4. The summed E-state index contributed by atoms with van der Waals surface area (Å²) in [6, 6.07) is 0. The van der Waals surface area contributed by atoms with Crippen LogP contribution in [0, 0.1) is 37.3 Å². The van der Waals surface area contributed by atoms with Gasteiger partial charge in [0.05, 0.1) is 0 Å². The van der Waals surface area contributed by atoms with Crippen LogP contribution < -0.4 is 94.1 Å². The molecule has 0 aromatic carbocycles. The summed E-state index contributed by atoms with van der Waals surface area (Å²) in [7, 11) is 0. The Morgan fingerprint density at radius 2 is 0.400 bits per heavy atom. The van der Waals surface area contributed by atoms with Crippen LogP contribution in [0.25, 0.3) is 0 Å². The minimum atomic E-state index is -4.01. The molecule has 4 N–H and O–H groups in total. The Balaban J connectivity index is -0.0000000184. The molecule has 15 heavy (non-hydrogen) atoms. The van der Waals surface area contributed by atoms with Gasteiger partial charge in [-0.05, 0) is 0 Å². The molecule has 0 aromatic rings. The Labute approximate surface area is 140 Å². The zero-order valence-electron chi connectivity index (χ0n) is 6.10. The van der Waals surface area contributed by atoms with Crippen LogP contribution in [0.3, 0.4) is 0 Å². The summed E-state index contributed by atoms with van der Waals surface area (Å²) in [5.74, 6) is 0. The maximum atomic E-state index is 8.57. The molecule has 0 unspecified atom stereocenters. The van der Waals surface area contributed by atoms with Crippen molar-refractivity contribution in [2.45, 2.75) is 0 Å². The summed E-state index contributed by atoms with van der Waals surface area (Å²) in [4.78, 5) is 0. The van der Waals surface area contributed by atoms with Crippen molar-refractivity contribution in [3.05, 3.63) is 0 Å². The fraction of sp³-hybridized carbons (Fsp3) is 0. The molecular formula is H4ErI3O11. The number of rotatable bonds is 0. The molecule has 103 valence electrons. The van der Waals surface area contributed by atoms with E-state index >= 15 is 0 Å². The molecule has 0 bridgehead atoms. The van der Waals surface area contributed by atoms with E-state index < -0.39 is 63.2 Å². The van der Waals surface area contributed by atoms with Crippen molar-refractivity contribution in [2.24, 2.45) is 0 Å². The van der Waals surface area contributed by atoms with Gasteiger partial charge in [0.15, 0.2) is 0 Å². The van der Waals surface area contributed by atoms with Crippen molar-refractivity contribution in [2.75, 3.05) is 0 Å². The third-order valence-electron chi connectivity index (χ3n) is 0. The molecule has 1 radical (unpaired) electrons. The van der Waals surface area contributed by atoms with Gasteiger partial charge in [0.2, 0.25) is 0 Å². The third-order valence-corrected chi connectivity index (χ3v) is 0. The first-order chi connectivity index (χ1) is 5.20. The van der Waals surface area contributed by atoms with E-state index in [0.29, 0.717) is 0 Å². The zero-order chi connectivity index (χ0) is 10.7. The Morgan fingerprint density at radius 3 is 0.400 bits per heavy atom. The molecule has 0 amide bonds. The monoisotopic (exact) mass is 727 g/mol. The van der Waals surface area contributed by atoms with Crippen LogP contribution in [0.5, 0.6) is 0 Å². The fourth-order valence-corrected chi connectivity index (χ4v) is 0. The van der Waals surface area contributed by atoms with Gasteiger partial charge >= 0.3 is 37.3 Å². The summed E-state index contributed by atoms with van der Waals surface area (Å²) in [5, 5.41) is 0. The van der Waals surface area contributed by atoms with E-state index in [1.807, 2.05) is 0 Å². The number of halogens is 3. The molecule has 0 aliphatic rings. The maximum Gasteiger partial charge on any atom is 3.00 e. The van der Waals surface area contributed by atoms with E-state index in [1.165, 1.54) is 0 Å². The van der Waals surface area contributed by atoms with Crippen LogP contribution in [0.15, 0.2) is 0 Å². The normalized spacial score (nSPS) is 7.20. The number of hydrogen-bond donors (Lipinski definition) is 0. The Kier molecular flexibility index (Phi) is 72.8. The predicted molar refractivity (Wildman–Crippen MR) is 7.23 cm³/mol. The van der Waals surface area contributed by atoms with E-state index in [4.69, 9.17) is 30.9 Å². The third kappa shape index (κ3) is 426. The van der Waals surface area contributed by atoms with Gasteiger partial charge in [-0.15, -0.1) is 0 Å². The predicted octanol–water partition coefficient (Wildman–Crippen LogP) is -21.3. The van der Waals surface area contributed by atoms with Gasteiger partial charge in [0.1, 0.15) is 0 Å². The first-order valence-electron chi connectivity index (χ1n) is 1.39. The second-order valence-electron chi connectivity index (χ2n) is 0.567. The molecule has 0 spiro atoms. The number of hydrogen-bond acceptors (Lipinski definition) is 9. The van der Waals surface area contributed by atoms with E-state index in [-0.39, 0.29) is 48.3 Å². The van der Waals surface area contributed by atoms with Crippen LogP contribution >= 0.6 is 0 Å². The quantitative estimate of drug-likeness (QED) is 0.214. The first-order valence-corrected chi connectivity index (χ1v) is 9.32. The van der Waals surface area contributed by atoms with Crippen LogP contribution in [0.4, 0.5) is 0 Å². The van der Waals surface area contributed by atoms with E-state index in [1.54, 1.807) is 0 Å². The summed E-state index contributed by atoms with van der Waals surface area (Å²) in [5.41, 5.74) is 0. The molecule has 0 saturated heterocycles. The average Bonchev–Trinajstić information content (AvgIpc) is 1.54. The minimum Gasteiger partial charge on any atom is -0.427 e. The van der Waals surface area contributed by atoms with Crippen molar-refractivity contribution in [1.29, 1.82) is 0 Å². The van der Waals surface area contributed by atoms with Crippen molar-refractivity contribution < 1.29 is 142 Å². The van der Waals surface area contributed by atoms with E-state index in [2.05, 4.69) is 0 Å². The summed E-state index contributed by atoms with van der Waals surface area (Å²) >= 11 is -12.0. The van der Waals surface area contributed by atoms with Crippen LogP contribution in [0.2, 0.25) is 0 Å². The molecule has 0 saturated carbocycles. The van der Waals surface area contributed by atoms with Crippen molar-refractivity contribution in [1.82, 2.24) is 0 Å². The minimum absolute atomic E-state index is 0. The molecule has 15 heteroatoms. The standard InChI is InChI=1S/Er.3IO3.2H2O/c;3*2-1(3)4;;/h;;;;2*1H2/q+3;3*-1;;. The largest absolute Gasteiger partial charge is 3.00 e. The van der Waals surface area contributed by atoms with Gasteiger partial charge < -0.3 is 41.9 Å². The maximum absolute atomic E-state index is 8.57. The molecule has 0 atom stereocenters. The smallest absolute Gasteiger partial charge is 0.427 e. The Morgan fingerprint density at radius 1 is 0.400 bits per heavy atom. The van der Waals surface area contributed by atoms with Crippen LogP contribution in [-0.4, -0.2) is 11.0 Å². The van der Waals surface area contributed by atoms with Gasteiger partial charge in [0.25, 0.3) is 63.2 Å². The molecular weight excluding hydrogens is 724 g/mol. The molecule has 0 aromatic heterocycles. The average molecular weight is 728 g/mol. The molecule has 11 nitrogen and oxygen atoms in total. The molecule has 0 heterocycles. The van der Waals surface area contributed by atoms with Gasteiger partial charge in [-0.25, -0.2) is 0 Å². The van der Waals surface area contributed by atoms with Gasteiger partial charge in [0, 0.05) is 0 Å². The Bertz CT molecular complexity index is 44.3. The van der Waals surface area contributed by atoms with Crippen molar-refractivity contribution in [3.63, 3.8) is 0 Å². The summed E-state index contributed by atoms with van der Waals surface area (Å²) < 4.78 is 77.2. The molecule has 0 rings (SSSR count). The molecule has 0 aliphatic carbocycles. The molecule has 0 aliphatic heterocycles. The van der Waals surface area contributed by atoms with Gasteiger partial charge in [-0.3, -0.25) is 0 Å². The second-order valence-corrected chi connectivity index (χ2v) is 3.80. The second kappa shape index (κ2) is 30.2. The fourth-order valence-electron chi connectivity index (χ4n) is 0. The topological polar surface area (TPSA) is 271 Å². The van der Waals surface area contributed by atoms with Crippen LogP contribution in [-0.2, 0) is 0 Å². The SMILES string of the molecule is O.O.[Er+3].[O-][I+2]([O-])[O-].[O-][I+2]([O-])[O-].[O-][I+2]([O-])[O-]. The van der Waals surface area contributed by atoms with Gasteiger partial charge in [-0.2, -0.15) is 0 Å². The molecule has 0 fully saturated rings.